The highest BCUT2D eigenvalue weighted by molar-refractivity contribution is 7.99. The van der Waals surface area contributed by atoms with Gasteiger partial charge in [-0.3, -0.25) is 0 Å². The molecule has 2 rings (SSSR count). The number of aromatic nitrogens is 2. The number of hydrogen-bond donors (Lipinski definition) is 1. The van der Waals surface area contributed by atoms with E-state index < -0.39 is 0 Å². The molecule has 1 heterocycles. The van der Waals surface area contributed by atoms with Crippen LogP contribution < -0.4 is 0 Å². The van der Waals surface area contributed by atoms with Gasteiger partial charge in [0.2, 0.25) is 0 Å². The predicted octanol–water partition coefficient (Wildman–Crippen LogP) is 2.56. The maximum atomic E-state index is 9.88. The zero-order valence-corrected chi connectivity index (χ0v) is 11.1. The number of hydrogen-bond acceptors (Lipinski definition) is 3. The van der Waals surface area contributed by atoms with E-state index in [-0.39, 0.29) is 6.10 Å². The van der Waals surface area contributed by atoms with Crippen LogP contribution in [0, 0.1) is 5.92 Å². The first-order valence-corrected chi connectivity index (χ1v) is 7.71. The van der Waals surface area contributed by atoms with Crippen LogP contribution in [-0.2, 0) is 6.54 Å². The van der Waals surface area contributed by atoms with E-state index in [1.807, 2.05) is 22.5 Å². The van der Waals surface area contributed by atoms with Crippen LogP contribution in [0.25, 0.3) is 0 Å². The van der Waals surface area contributed by atoms with E-state index in [1.54, 1.807) is 12.5 Å². The first kappa shape index (κ1) is 13.0. The molecule has 96 valence electrons. The topological polar surface area (TPSA) is 38.0 Å². The van der Waals surface area contributed by atoms with E-state index in [9.17, 15) is 5.11 Å². The predicted molar refractivity (Wildman–Crippen MR) is 72.1 cm³/mol. The Morgan fingerprint density at radius 1 is 1.35 bits per heavy atom. The van der Waals surface area contributed by atoms with Crippen LogP contribution in [-0.4, -0.2) is 32.3 Å². The number of thioether (sulfide) groups is 1. The van der Waals surface area contributed by atoms with Crippen molar-refractivity contribution >= 4 is 11.8 Å². The third-order valence-corrected chi connectivity index (χ3v) is 4.70. The molecule has 3 nitrogen and oxygen atoms in total. The molecule has 1 unspecified atom stereocenters. The van der Waals surface area contributed by atoms with Gasteiger partial charge in [-0.2, -0.15) is 11.8 Å². The van der Waals surface area contributed by atoms with Crippen LogP contribution in [0.4, 0.5) is 0 Å². The Hall–Kier alpha value is -0.480. The average molecular weight is 254 g/mol. The fourth-order valence-electron chi connectivity index (χ4n) is 2.42. The summed E-state index contributed by atoms with van der Waals surface area (Å²) in [6, 6.07) is 0. The van der Waals surface area contributed by atoms with Gasteiger partial charge in [0.15, 0.2) is 0 Å². The van der Waals surface area contributed by atoms with E-state index in [1.165, 1.54) is 37.9 Å². The van der Waals surface area contributed by atoms with Crippen molar-refractivity contribution in [1.29, 1.82) is 0 Å². The molecule has 1 atom stereocenters. The lowest BCUT2D eigenvalue weighted by atomic mass is 9.91. The van der Waals surface area contributed by atoms with Crippen LogP contribution in [0.15, 0.2) is 18.7 Å². The summed E-state index contributed by atoms with van der Waals surface area (Å²) in [5, 5.41) is 9.88. The number of aliphatic hydroxyl groups is 1. The Morgan fingerprint density at radius 3 is 2.88 bits per heavy atom. The second-order valence-electron chi connectivity index (χ2n) is 4.95. The van der Waals surface area contributed by atoms with Gasteiger partial charge in [-0.1, -0.05) is 19.3 Å². The lowest BCUT2D eigenvalue weighted by Gasteiger charge is -2.21. The molecule has 1 aliphatic carbocycles. The number of nitrogens with zero attached hydrogens (tertiary/aromatic N) is 2. The first-order chi connectivity index (χ1) is 8.34. The van der Waals surface area contributed by atoms with Crippen LogP contribution >= 0.6 is 11.8 Å². The molecule has 1 saturated carbocycles. The van der Waals surface area contributed by atoms with Gasteiger partial charge in [0, 0.05) is 18.1 Å². The standard InChI is InChI=1S/C13H22N2OS/c16-13(8-15-7-6-14-11-15)10-17-9-12-4-2-1-3-5-12/h6-7,11-13,16H,1-5,8-10H2. The Kier molecular flexibility index (Phi) is 5.39. The van der Waals surface area contributed by atoms with Crippen molar-refractivity contribution < 1.29 is 5.11 Å². The Balaban J connectivity index is 1.58. The van der Waals surface area contributed by atoms with Gasteiger partial charge in [-0.05, 0) is 24.5 Å². The number of aliphatic hydroxyl groups excluding tert-OH is 1. The van der Waals surface area contributed by atoms with Crippen LogP contribution in [0.3, 0.4) is 0 Å². The summed E-state index contributed by atoms with van der Waals surface area (Å²) in [6.45, 7) is 0.664. The summed E-state index contributed by atoms with van der Waals surface area (Å²) in [6.07, 6.45) is 12.2. The fourth-order valence-corrected chi connectivity index (χ4v) is 3.60. The van der Waals surface area contributed by atoms with Crippen LogP contribution in [0.2, 0.25) is 0 Å². The summed E-state index contributed by atoms with van der Waals surface area (Å²) in [4.78, 5) is 3.97. The molecule has 0 saturated heterocycles. The fraction of sp³-hybridized carbons (Fsp3) is 0.769. The molecule has 1 aromatic heterocycles. The molecule has 0 spiro atoms. The SMILES string of the molecule is OC(CSCC1CCCCC1)Cn1ccnc1. The molecule has 1 N–H and O–H groups in total. The van der Waals surface area contributed by atoms with Gasteiger partial charge in [0.1, 0.15) is 0 Å². The molecule has 0 amide bonds. The van der Waals surface area contributed by atoms with Crippen LogP contribution in [0.5, 0.6) is 0 Å². The summed E-state index contributed by atoms with van der Waals surface area (Å²) >= 11 is 1.91. The van der Waals surface area contributed by atoms with Crippen molar-refractivity contribution in [1.82, 2.24) is 9.55 Å². The Bertz CT molecular complexity index is 296. The van der Waals surface area contributed by atoms with Crippen LogP contribution in [0.1, 0.15) is 32.1 Å². The molecule has 0 aromatic carbocycles. The third kappa shape index (κ3) is 4.72. The third-order valence-electron chi connectivity index (χ3n) is 3.37. The molecule has 0 aliphatic heterocycles. The molecule has 1 fully saturated rings. The van der Waals surface area contributed by atoms with Crippen molar-refractivity contribution in [3.63, 3.8) is 0 Å². The van der Waals surface area contributed by atoms with Crippen molar-refractivity contribution in [2.24, 2.45) is 5.92 Å². The highest BCUT2D eigenvalue weighted by Gasteiger charge is 2.14. The first-order valence-electron chi connectivity index (χ1n) is 6.56. The van der Waals surface area contributed by atoms with E-state index in [0.29, 0.717) is 6.54 Å². The lowest BCUT2D eigenvalue weighted by Crippen LogP contribution is -2.19. The molecular weight excluding hydrogens is 232 g/mol. The number of imidazole rings is 1. The molecule has 4 heteroatoms. The normalized spacial score (nSPS) is 19.4. The summed E-state index contributed by atoms with van der Waals surface area (Å²) in [5.41, 5.74) is 0. The minimum absolute atomic E-state index is 0.252. The highest BCUT2D eigenvalue weighted by atomic mass is 32.2. The monoisotopic (exact) mass is 254 g/mol. The maximum absolute atomic E-state index is 9.88. The van der Waals surface area contributed by atoms with Gasteiger partial charge >= 0.3 is 0 Å². The number of rotatable bonds is 6. The van der Waals surface area contributed by atoms with Gasteiger partial charge in [0.05, 0.1) is 19.0 Å². The lowest BCUT2D eigenvalue weighted by molar-refractivity contribution is 0.178. The van der Waals surface area contributed by atoms with E-state index in [0.717, 1.165) is 11.7 Å². The van der Waals surface area contributed by atoms with Gasteiger partial charge < -0.3 is 9.67 Å². The van der Waals surface area contributed by atoms with E-state index >= 15 is 0 Å². The smallest absolute Gasteiger partial charge is 0.0946 e. The van der Waals surface area contributed by atoms with Gasteiger partial charge in [-0.25, -0.2) is 4.98 Å². The largest absolute Gasteiger partial charge is 0.390 e. The maximum Gasteiger partial charge on any atom is 0.0946 e. The summed E-state index contributed by atoms with van der Waals surface area (Å²) < 4.78 is 1.94. The minimum Gasteiger partial charge on any atom is -0.390 e. The Labute approximate surface area is 108 Å². The van der Waals surface area contributed by atoms with Crippen molar-refractivity contribution in [2.45, 2.75) is 44.8 Å². The van der Waals surface area contributed by atoms with E-state index in [4.69, 9.17) is 0 Å². The van der Waals surface area contributed by atoms with Crippen molar-refractivity contribution in [3.8, 4) is 0 Å². The minimum atomic E-state index is -0.252. The molecule has 0 bridgehead atoms. The molecular formula is C13H22N2OS. The summed E-state index contributed by atoms with van der Waals surface area (Å²) in [5.74, 6) is 2.96. The molecule has 17 heavy (non-hydrogen) atoms. The van der Waals surface area contributed by atoms with Crippen molar-refractivity contribution in [3.05, 3.63) is 18.7 Å². The molecule has 1 aliphatic rings. The highest BCUT2D eigenvalue weighted by Crippen LogP contribution is 2.26. The summed E-state index contributed by atoms with van der Waals surface area (Å²) in [7, 11) is 0. The second kappa shape index (κ2) is 7.07. The van der Waals surface area contributed by atoms with E-state index in [2.05, 4.69) is 4.98 Å². The second-order valence-corrected chi connectivity index (χ2v) is 6.03. The molecule has 0 radical (unpaired) electrons. The van der Waals surface area contributed by atoms with Crippen molar-refractivity contribution in [2.75, 3.05) is 11.5 Å². The Morgan fingerprint density at radius 2 is 2.18 bits per heavy atom. The quantitative estimate of drug-likeness (QED) is 0.848. The van der Waals surface area contributed by atoms with Gasteiger partial charge in [-0.15, -0.1) is 0 Å². The average Bonchev–Trinajstić information content (AvgIpc) is 2.83. The molecule has 1 aromatic rings. The zero-order chi connectivity index (χ0) is 11.9. The zero-order valence-electron chi connectivity index (χ0n) is 10.3. The van der Waals surface area contributed by atoms with Gasteiger partial charge in [0.25, 0.3) is 0 Å².